The average molecular weight is 279 g/mol. The molecule has 1 N–H and O–H groups in total. The number of anilines is 1. The molecule has 20 heavy (non-hydrogen) atoms. The van der Waals surface area contributed by atoms with Crippen molar-refractivity contribution in [1.82, 2.24) is 9.78 Å². The molecule has 0 aliphatic rings. The first-order valence-corrected chi connectivity index (χ1v) is 6.72. The van der Waals surface area contributed by atoms with Crippen LogP contribution in [0.25, 0.3) is 0 Å². The molecular formula is C15H22FN3O. The molecule has 110 valence electrons. The Balaban J connectivity index is 0.000000829. The second kappa shape index (κ2) is 9.72. The number of benzene rings is 1. The van der Waals surface area contributed by atoms with Crippen molar-refractivity contribution < 1.29 is 9.18 Å². The Morgan fingerprint density at radius 1 is 1.15 bits per heavy atom. The summed E-state index contributed by atoms with van der Waals surface area (Å²) in [6.45, 7) is 8.00. The summed E-state index contributed by atoms with van der Waals surface area (Å²) in [5.74, 6) is -0.650. The largest absolute Gasteiger partial charge is 0.305 e. The minimum atomic E-state index is -0.545. The number of aromatic nitrogens is 2. The van der Waals surface area contributed by atoms with Crippen LogP contribution in [0.4, 0.5) is 10.2 Å². The van der Waals surface area contributed by atoms with E-state index in [0.29, 0.717) is 5.82 Å². The zero-order chi connectivity index (χ0) is 15.5. The van der Waals surface area contributed by atoms with Gasteiger partial charge in [-0.25, -0.2) is 4.39 Å². The fourth-order valence-corrected chi connectivity index (χ4v) is 1.31. The SMILES string of the molecule is CC.CC.Cn1ccc(NC(=O)c2ccccc2F)n1. The predicted molar refractivity (Wildman–Crippen MR) is 80.3 cm³/mol. The standard InChI is InChI=1S/C11H10FN3O.2C2H6/c1-15-7-6-10(14-15)13-11(16)8-4-2-3-5-9(8)12;2*1-2/h2-7H,1H3,(H,13,14,16);2*1-2H3. The molecule has 4 nitrogen and oxygen atoms in total. The van der Waals surface area contributed by atoms with Crippen LogP contribution in [0.3, 0.4) is 0 Å². The zero-order valence-corrected chi connectivity index (χ0v) is 12.6. The van der Waals surface area contributed by atoms with E-state index in [9.17, 15) is 9.18 Å². The Morgan fingerprint density at radius 2 is 1.75 bits per heavy atom. The normalized spacial score (nSPS) is 8.70. The summed E-state index contributed by atoms with van der Waals surface area (Å²) >= 11 is 0. The molecule has 0 aliphatic carbocycles. The van der Waals surface area contributed by atoms with Crippen LogP contribution < -0.4 is 5.32 Å². The second-order valence-corrected chi connectivity index (χ2v) is 3.31. The van der Waals surface area contributed by atoms with Gasteiger partial charge in [0, 0.05) is 19.3 Å². The number of carbonyl (C=O) groups is 1. The molecule has 0 saturated heterocycles. The van der Waals surface area contributed by atoms with Gasteiger partial charge in [-0.3, -0.25) is 9.48 Å². The van der Waals surface area contributed by atoms with E-state index in [1.807, 2.05) is 27.7 Å². The highest BCUT2D eigenvalue weighted by Gasteiger charge is 2.11. The van der Waals surface area contributed by atoms with Crippen LogP contribution in [0.1, 0.15) is 38.1 Å². The Bertz CT molecular complexity index is 523. The van der Waals surface area contributed by atoms with Gasteiger partial charge in [0.2, 0.25) is 0 Å². The molecule has 0 saturated carbocycles. The number of carbonyl (C=O) groups excluding carboxylic acids is 1. The quantitative estimate of drug-likeness (QED) is 0.907. The van der Waals surface area contributed by atoms with Crippen molar-refractivity contribution in [2.75, 3.05) is 5.32 Å². The summed E-state index contributed by atoms with van der Waals surface area (Å²) in [6, 6.07) is 7.45. The lowest BCUT2D eigenvalue weighted by Gasteiger charge is -2.02. The van der Waals surface area contributed by atoms with Crippen LogP contribution in [0.15, 0.2) is 36.5 Å². The maximum atomic E-state index is 13.3. The third-order valence-corrected chi connectivity index (χ3v) is 2.07. The maximum absolute atomic E-state index is 13.3. The van der Waals surface area contributed by atoms with E-state index < -0.39 is 11.7 Å². The zero-order valence-electron chi connectivity index (χ0n) is 12.6. The van der Waals surface area contributed by atoms with Gasteiger partial charge in [0.05, 0.1) is 5.56 Å². The van der Waals surface area contributed by atoms with Crippen molar-refractivity contribution >= 4 is 11.7 Å². The van der Waals surface area contributed by atoms with Gasteiger partial charge in [-0.15, -0.1) is 0 Å². The van der Waals surface area contributed by atoms with Gasteiger partial charge >= 0.3 is 0 Å². The third-order valence-electron chi connectivity index (χ3n) is 2.07. The van der Waals surface area contributed by atoms with Crippen LogP contribution in [0, 0.1) is 5.82 Å². The summed E-state index contributed by atoms with van der Waals surface area (Å²) in [6.07, 6.45) is 1.69. The van der Waals surface area contributed by atoms with Crippen LogP contribution >= 0.6 is 0 Å². The monoisotopic (exact) mass is 279 g/mol. The van der Waals surface area contributed by atoms with Crippen LogP contribution in [0.2, 0.25) is 0 Å². The lowest BCUT2D eigenvalue weighted by Crippen LogP contribution is -2.14. The van der Waals surface area contributed by atoms with Crippen molar-refractivity contribution in [2.24, 2.45) is 7.05 Å². The van der Waals surface area contributed by atoms with Gasteiger partial charge in [-0.1, -0.05) is 39.8 Å². The number of rotatable bonds is 2. The van der Waals surface area contributed by atoms with Crippen molar-refractivity contribution in [3.63, 3.8) is 0 Å². The second-order valence-electron chi connectivity index (χ2n) is 3.31. The first-order chi connectivity index (χ1) is 9.66. The maximum Gasteiger partial charge on any atom is 0.259 e. The minimum absolute atomic E-state index is 0.00755. The van der Waals surface area contributed by atoms with E-state index in [-0.39, 0.29) is 5.56 Å². The highest BCUT2D eigenvalue weighted by Crippen LogP contribution is 2.09. The molecule has 0 bridgehead atoms. The summed E-state index contributed by atoms with van der Waals surface area (Å²) in [5, 5.41) is 6.48. The highest BCUT2D eigenvalue weighted by atomic mass is 19.1. The fraction of sp³-hybridized carbons (Fsp3) is 0.333. The topological polar surface area (TPSA) is 46.9 Å². The minimum Gasteiger partial charge on any atom is -0.305 e. The number of hydrogen-bond acceptors (Lipinski definition) is 2. The summed E-state index contributed by atoms with van der Waals surface area (Å²) in [7, 11) is 1.73. The molecule has 0 radical (unpaired) electrons. The molecule has 0 fully saturated rings. The van der Waals surface area contributed by atoms with E-state index in [1.165, 1.54) is 18.2 Å². The van der Waals surface area contributed by atoms with Crippen LogP contribution in [0.5, 0.6) is 0 Å². The number of nitrogens with one attached hydrogen (secondary N) is 1. The van der Waals surface area contributed by atoms with Gasteiger partial charge in [-0.05, 0) is 12.1 Å². The van der Waals surface area contributed by atoms with Crippen molar-refractivity contribution in [3.05, 3.63) is 47.9 Å². The molecule has 2 rings (SSSR count). The van der Waals surface area contributed by atoms with Crippen molar-refractivity contribution in [3.8, 4) is 0 Å². The van der Waals surface area contributed by atoms with Crippen LogP contribution in [-0.4, -0.2) is 15.7 Å². The Kier molecular flexibility index (Phi) is 8.67. The molecule has 1 amide bonds. The molecule has 2 aromatic rings. The number of nitrogens with zero attached hydrogens (tertiary/aromatic N) is 2. The molecule has 0 atom stereocenters. The molecule has 0 aliphatic heterocycles. The Labute approximate surface area is 119 Å². The molecule has 5 heteroatoms. The molecule has 0 unspecified atom stereocenters. The average Bonchev–Trinajstić information content (AvgIpc) is 2.89. The van der Waals surface area contributed by atoms with Gasteiger partial charge in [0.1, 0.15) is 5.82 Å². The van der Waals surface area contributed by atoms with Crippen molar-refractivity contribution in [2.45, 2.75) is 27.7 Å². The van der Waals surface area contributed by atoms with E-state index in [0.717, 1.165) is 0 Å². The molecule has 0 spiro atoms. The lowest BCUT2D eigenvalue weighted by molar-refractivity contribution is 0.102. The van der Waals surface area contributed by atoms with E-state index in [2.05, 4.69) is 10.4 Å². The summed E-state index contributed by atoms with van der Waals surface area (Å²) in [4.78, 5) is 11.6. The van der Waals surface area contributed by atoms with Gasteiger partial charge in [0.15, 0.2) is 5.82 Å². The number of halogens is 1. The first kappa shape index (κ1) is 17.8. The summed E-state index contributed by atoms with van der Waals surface area (Å²) in [5.41, 5.74) is 0.00755. The van der Waals surface area contributed by atoms with Crippen LogP contribution in [-0.2, 0) is 7.05 Å². The van der Waals surface area contributed by atoms with Gasteiger partial charge in [-0.2, -0.15) is 5.10 Å². The molecule has 1 heterocycles. The highest BCUT2D eigenvalue weighted by molar-refractivity contribution is 6.03. The molecular weight excluding hydrogens is 257 g/mol. The number of amides is 1. The first-order valence-electron chi connectivity index (χ1n) is 6.72. The van der Waals surface area contributed by atoms with Crippen molar-refractivity contribution in [1.29, 1.82) is 0 Å². The smallest absolute Gasteiger partial charge is 0.259 e. The molecule has 1 aromatic heterocycles. The lowest BCUT2D eigenvalue weighted by atomic mass is 10.2. The van der Waals surface area contributed by atoms with Gasteiger partial charge in [0.25, 0.3) is 5.91 Å². The number of hydrogen-bond donors (Lipinski definition) is 1. The molecule has 1 aromatic carbocycles. The third kappa shape index (κ3) is 5.22. The Morgan fingerprint density at radius 3 is 2.25 bits per heavy atom. The predicted octanol–water partition coefficient (Wildman–Crippen LogP) is 3.86. The van der Waals surface area contributed by atoms with Gasteiger partial charge < -0.3 is 5.32 Å². The van der Waals surface area contributed by atoms with E-state index >= 15 is 0 Å². The fourth-order valence-electron chi connectivity index (χ4n) is 1.31. The summed E-state index contributed by atoms with van der Waals surface area (Å²) < 4.78 is 14.8. The Hall–Kier alpha value is -2.17. The van der Waals surface area contributed by atoms with E-state index in [4.69, 9.17) is 0 Å². The van der Waals surface area contributed by atoms with E-state index in [1.54, 1.807) is 30.1 Å². The number of aryl methyl sites for hydroxylation is 1.